The lowest BCUT2D eigenvalue weighted by molar-refractivity contribution is 0.0941. The van der Waals surface area contributed by atoms with Crippen molar-refractivity contribution in [3.63, 3.8) is 0 Å². The van der Waals surface area contributed by atoms with Gasteiger partial charge in [0, 0.05) is 17.1 Å². The first-order valence-corrected chi connectivity index (χ1v) is 8.10. The third kappa shape index (κ3) is 3.49. The Morgan fingerprint density at radius 1 is 1.15 bits per heavy atom. The van der Waals surface area contributed by atoms with Gasteiger partial charge in [0.05, 0.1) is 24.2 Å². The molecule has 0 aliphatic carbocycles. The van der Waals surface area contributed by atoms with Gasteiger partial charge in [-0.15, -0.1) is 0 Å². The Balaban J connectivity index is 1.90. The van der Waals surface area contributed by atoms with Gasteiger partial charge in [-0.25, -0.2) is 8.78 Å². The van der Waals surface area contributed by atoms with Gasteiger partial charge in [-0.2, -0.15) is 0 Å². The second-order valence-corrected chi connectivity index (χ2v) is 6.06. The number of pyridine rings is 1. The molecule has 0 saturated heterocycles. The Bertz CT molecular complexity index is 984. The van der Waals surface area contributed by atoms with Crippen molar-refractivity contribution >= 4 is 16.8 Å². The van der Waals surface area contributed by atoms with Gasteiger partial charge in [-0.1, -0.05) is 6.07 Å². The lowest BCUT2D eigenvalue weighted by Crippen LogP contribution is -2.27. The van der Waals surface area contributed by atoms with Crippen LogP contribution in [0.25, 0.3) is 10.9 Å². The fourth-order valence-electron chi connectivity index (χ4n) is 2.83. The standard InChI is InChI=1S/C20H18F2N2O2/c1-11-8-16(15-6-5-14(21)10-18(15)23-11)20(25)24-12(2)13-4-7-19(26-3)17(22)9-13/h4-10,12H,1-3H3,(H,24,25). The molecular formula is C20H18F2N2O2. The van der Waals surface area contributed by atoms with Crippen LogP contribution >= 0.6 is 0 Å². The highest BCUT2D eigenvalue weighted by Crippen LogP contribution is 2.23. The first kappa shape index (κ1) is 17.8. The van der Waals surface area contributed by atoms with E-state index < -0.39 is 17.7 Å². The van der Waals surface area contributed by atoms with Gasteiger partial charge in [-0.05, 0) is 49.7 Å². The molecule has 1 aromatic heterocycles. The summed E-state index contributed by atoms with van der Waals surface area (Å²) in [7, 11) is 1.39. The molecule has 1 unspecified atom stereocenters. The zero-order valence-corrected chi connectivity index (χ0v) is 14.6. The molecule has 1 N–H and O–H groups in total. The van der Waals surface area contributed by atoms with Crippen LogP contribution in [0.1, 0.15) is 34.6 Å². The van der Waals surface area contributed by atoms with Gasteiger partial charge in [0.1, 0.15) is 5.82 Å². The predicted octanol–water partition coefficient (Wildman–Crippen LogP) is 4.32. The monoisotopic (exact) mass is 356 g/mol. The molecule has 1 heterocycles. The summed E-state index contributed by atoms with van der Waals surface area (Å²) in [4.78, 5) is 17.0. The van der Waals surface area contributed by atoms with E-state index in [1.54, 1.807) is 26.0 Å². The maximum Gasteiger partial charge on any atom is 0.252 e. The average molecular weight is 356 g/mol. The number of aromatic nitrogens is 1. The summed E-state index contributed by atoms with van der Waals surface area (Å²) in [5, 5.41) is 3.40. The summed E-state index contributed by atoms with van der Waals surface area (Å²) in [5.74, 6) is -1.10. The zero-order chi connectivity index (χ0) is 18.8. The number of hydrogen-bond acceptors (Lipinski definition) is 3. The fourth-order valence-corrected chi connectivity index (χ4v) is 2.83. The second kappa shape index (κ2) is 7.07. The molecule has 2 aromatic carbocycles. The van der Waals surface area contributed by atoms with Crippen LogP contribution in [0.3, 0.4) is 0 Å². The van der Waals surface area contributed by atoms with Gasteiger partial charge < -0.3 is 10.1 Å². The maximum absolute atomic E-state index is 13.9. The minimum absolute atomic E-state index is 0.144. The molecule has 0 aliphatic rings. The van der Waals surface area contributed by atoms with E-state index in [9.17, 15) is 13.6 Å². The van der Waals surface area contributed by atoms with Crippen LogP contribution in [0, 0.1) is 18.6 Å². The largest absolute Gasteiger partial charge is 0.494 e. The van der Waals surface area contributed by atoms with Crippen molar-refractivity contribution in [2.24, 2.45) is 0 Å². The summed E-state index contributed by atoms with van der Waals surface area (Å²) in [6.07, 6.45) is 0. The number of halogens is 2. The van der Waals surface area contributed by atoms with Crippen molar-refractivity contribution in [3.8, 4) is 5.75 Å². The van der Waals surface area contributed by atoms with E-state index in [2.05, 4.69) is 10.3 Å². The van der Waals surface area contributed by atoms with E-state index in [1.165, 1.54) is 37.4 Å². The first-order valence-electron chi connectivity index (χ1n) is 8.10. The highest BCUT2D eigenvalue weighted by Gasteiger charge is 2.17. The molecule has 3 rings (SSSR count). The predicted molar refractivity (Wildman–Crippen MR) is 95.3 cm³/mol. The van der Waals surface area contributed by atoms with Gasteiger partial charge in [0.2, 0.25) is 0 Å². The first-order chi connectivity index (χ1) is 12.4. The lowest BCUT2D eigenvalue weighted by Gasteiger charge is -2.16. The van der Waals surface area contributed by atoms with Gasteiger partial charge in [0.25, 0.3) is 5.91 Å². The Morgan fingerprint density at radius 2 is 1.92 bits per heavy atom. The van der Waals surface area contributed by atoms with E-state index in [0.29, 0.717) is 27.7 Å². The molecule has 0 spiro atoms. The molecule has 0 aliphatic heterocycles. The van der Waals surface area contributed by atoms with E-state index in [0.717, 1.165) is 0 Å². The Labute approximate surface area is 149 Å². The molecule has 26 heavy (non-hydrogen) atoms. The van der Waals surface area contributed by atoms with Crippen LogP contribution in [-0.2, 0) is 0 Å². The molecule has 6 heteroatoms. The molecule has 0 fully saturated rings. The van der Waals surface area contributed by atoms with Crippen LogP contribution < -0.4 is 10.1 Å². The highest BCUT2D eigenvalue weighted by atomic mass is 19.1. The summed E-state index contributed by atoms with van der Waals surface area (Å²) < 4.78 is 32.2. The number of rotatable bonds is 4. The molecule has 0 bridgehead atoms. The van der Waals surface area contributed by atoms with Crippen molar-refractivity contribution in [2.75, 3.05) is 7.11 Å². The van der Waals surface area contributed by atoms with Crippen LogP contribution in [-0.4, -0.2) is 18.0 Å². The summed E-state index contributed by atoms with van der Waals surface area (Å²) >= 11 is 0. The number of carbonyl (C=O) groups excluding carboxylic acids is 1. The number of aryl methyl sites for hydroxylation is 1. The van der Waals surface area contributed by atoms with Gasteiger partial charge in [-0.3, -0.25) is 9.78 Å². The van der Waals surface area contributed by atoms with Crippen LogP contribution in [0.15, 0.2) is 42.5 Å². The summed E-state index contributed by atoms with van der Waals surface area (Å²) in [5.41, 5.74) is 2.03. The Kier molecular flexibility index (Phi) is 4.84. The SMILES string of the molecule is COc1ccc(C(C)NC(=O)c2cc(C)nc3cc(F)ccc23)cc1F. The molecule has 1 atom stereocenters. The number of nitrogens with one attached hydrogen (secondary N) is 1. The quantitative estimate of drug-likeness (QED) is 0.757. The number of nitrogens with zero attached hydrogens (tertiary/aromatic N) is 1. The van der Waals surface area contributed by atoms with Crippen LogP contribution in [0.4, 0.5) is 8.78 Å². The number of hydrogen-bond donors (Lipinski definition) is 1. The smallest absolute Gasteiger partial charge is 0.252 e. The molecule has 4 nitrogen and oxygen atoms in total. The topological polar surface area (TPSA) is 51.2 Å². The normalized spacial score (nSPS) is 12.0. The number of ether oxygens (including phenoxy) is 1. The van der Waals surface area contributed by atoms with Crippen molar-refractivity contribution in [2.45, 2.75) is 19.9 Å². The zero-order valence-electron chi connectivity index (χ0n) is 14.6. The third-order valence-electron chi connectivity index (χ3n) is 4.17. The van der Waals surface area contributed by atoms with Crippen molar-refractivity contribution < 1.29 is 18.3 Å². The Morgan fingerprint density at radius 3 is 2.62 bits per heavy atom. The summed E-state index contributed by atoms with van der Waals surface area (Å²) in [6, 6.07) is 9.88. The number of methoxy groups -OCH3 is 1. The van der Waals surface area contributed by atoms with E-state index in [1.807, 2.05) is 0 Å². The molecule has 1 amide bonds. The summed E-state index contributed by atoms with van der Waals surface area (Å²) in [6.45, 7) is 3.50. The molecule has 0 radical (unpaired) electrons. The molecule has 134 valence electrons. The number of fused-ring (bicyclic) bond motifs is 1. The van der Waals surface area contributed by atoms with Crippen LogP contribution in [0.2, 0.25) is 0 Å². The molecular weight excluding hydrogens is 338 g/mol. The lowest BCUT2D eigenvalue weighted by atomic mass is 10.0. The number of carbonyl (C=O) groups is 1. The van der Waals surface area contributed by atoms with Crippen LogP contribution in [0.5, 0.6) is 5.75 Å². The minimum atomic E-state index is -0.494. The Hall–Kier alpha value is -3.02. The van der Waals surface area contributed by atoms with Crippen molar-refractivity contribution in [1.29, 1.82) is 0 Å². The van der Waals surface area contributed by atoms with Crippen molar-refractivity contribution in [1.82, 2.24) is 10.3 Å². The second-order valence-electron chi connectivity index (χ2n) is 6.06. The van der Waals surface area contributed by atoms with Crippen molar-refractivity contribution in [3.05, 3.63) is 70.9 Å². The van der Waals surface area contributed by atoms with E-state index >= 15 is 0 Å². The van der Waals surface area contributed by atoms with Gasteiger partial charge in [0.15, 0.2) is 11.6 Å². The van der Waals surface area contributed by atoms with E-state index in [-0.39, 0.29) is 11.7 Å². The fraction of sp³-hybridized carbons (Fsp3) is 0.200. The average Bonchev–Trinajstić information content (AvgIpc) is 2.60. The van der Waals surface area contributed by atoms with Gasteiger partial charge >= 0.3 is 0 Å². The van der Waals surface area contributed by atoms with E-state index in [4.69, 9.17) is 4.74 Å². The highest BCUT2D eigenvalue weighted by molar-refractivity contribution is 6.06. The molecule has 0 saturated carbocycles. The number of amides is 1. The maximum atomic E-state index is 13.9. The third-order valence-corrected chi connectivity index (χ3v) is 4.17. The number of benzene rings is 2. The minimum Gasteiger partial charge on any atom is -0.494 e. The molecule has 3 aromatic rings.